The van der Waals surface area contributed by atoms with Crippen LogP contribution in [0.3, 0.4) is 0 Å². The summed E-state index contributed by atoms with van der Waals surface area (Å²) >= 11 is 0. The number of rotatable bonds is 3. The predicted molar refractivity (Wildman–Crippen MR) is 50.8 cm³/mol. The van der Waals surface area contributed by atoms with Crippen LogP contribution in [0, 0.1) is 11.8 Å². The maximum Gasteiger partial charge on any atom is 0.0756 e. The van der Waals surface area contributed by atoms with Crippen LogP contribution in [0.4, 0.5) is 0 Å². The van der Waals surface area contributed by atoms with Crippen molar-refractivity contribution in [3.05, 3.63) is 24.3 Å². The first-order chi connectivity index (χ1) is 6.29. The van der Waals surface area contributed by atoms with Crippen LogP contribution in [0.1, 0.15) is 31.5 Å². The van der Waals surface area contributed by atoms with Gasteiger partial charge in [-0.1, -0.05) is 6.92 Å². The van der Waals surface area contributed by atoms with E-state index in [0.29, 0.717) is 5.92 Å². The van der Waals surface area contributed by atoms with Gasteiger partial charge in [-0.15, -0.1) is 0 Å². The highest BCUT2D eigenvalue weighted by Gasteiger charge is 2.32. The largest absolute Gasteiger partial charge is 0.322 e. The molecule has 3 nitrogen and oxygen atoms in total. The molecule has 2 atom stereocenters. The van der Waals surface area contributed by atoms with Crippen molar-refractivity contribution < 1.29 is 0 Å². The van der Waals surface area contributed by atoms with Crippen molar-refractivity contribution >= 4 is 0 Å². The predicted octanol–water partition coefficient (Wildman–Crippen LogP) is 1.52. The van der Waals surface area contributed by atoms with Crippen LogP contribution in [0.2, 0.25) is 0 Å². The molecule has 0 amide bonds. The zero-order chi connectivity index (χ0) is 9.26. The van der Waals surface area contributed by atoms with E-state index in [1.54, 1.807) is 18.6 Å². The van der Waals surface area contributed by atoms with Crippen molar-refractivity contribution in [2.24, 2.45) is 17.6 Å². The molecule has 1 aromatic rings. The molecule has 3 heteroatoms. The van der Waals surface area contributed by atoms with Gasteiger partial charge in [-0.3, -0.25) is 9.97 Å². The number of aromatic nitrogens is 2. The fourth-order valence-electron chi connectivity index (χ4n) is 1.67. The Morgan fingerprint density at radius 3 is 2.77 bits per heavy atom. The van der Waals surface area contributed by atoms with Gasteiger partial charge in [0.05, 0.1) is 11.7 Å². The molecule has 1 saturated carbocycles. The van der Waals surface area contributed by atoms with Crippen molar-refractivity contribution in [2.75, 3.05) is 0 Å². The Bertz CT molecular complexity index is 269. The van der Waals surface area contributed by atoms with Gasteiger partial charge in [-0.2, -0.15) is 0 Å². The van der Waals surface area contributed by atoms with Crippen LogP contribution in [-0.2, 0) is 0 Å². The first-order valence-corrected chi connectivity index (χ1v) is 4.80. The number of nitrogens with two attached hydrogens (primary N) is 1. The van der Waals surface area contributed by atoms with Gasteiger partial charge in [0.1, 0.15) is 0 Å². The van der Waals surface area contributed by atoms with Crippen molar-refractivity contribution in [1.29, 1.82) is 0 Å². The zero-order valence-electron chi connectivity index (χ0n) is 7.85. The lowest BCUT2D eigenvalue weighted by Crippen LogP contribution is -2.21. The molecule has 1 aromatic heterocycles. The standard InChI is InChI=1S/C10H15N3/c1-7(8-2-3-8)10(11)9-6-12-4-5-13-9/h4-8,10H,2-3,11H2,1H3. The van der Waals surface area contributed by atoms with Crippen LogP contribution in [0.15, 0.2) is 18.6 Å². The lowest BCUT2D eigenvalue weighted by Gasteiger charge is -2.17. The molecule has 0 aromatic carbocycles. The van der Waals surface area contributed by atoms with Crippen molar-refractivity contribution in [3.8, 4) is 0 Å². The quantitative estimate of drug-likeness (QED) is 0.761. The summed E-state index contributed by atoms with van der Waals surface area (Å²) in [5.74, 6) is 1.36. The smallest absolute Gasteiger partial charge is 0.0756 e. The number of hydrogen-bond donors (Lipinski definition) is 1. The molecule has 0 radical (unpaired) electrons. The molecule has 0 spiro atoms. The van der Waals surface area contributed by atoms with Crippen LogP contribution in [0.25, 0.3) is 0 Å². The van der Waals surface area contributed by atoms with E-state index in [4.69, 9.17) is 5.73 Å². The van der Waals surface area contributed by atoms with Gasteiger partial charge in [0.15, 0.2) is 0 Å². The Morgan fingerprint density at radius 1 is 1.46 bits per heavy atom. The SMILES string of the molecule is CC(C1CC1)C(N)c1cnccn1. The van der Waals surface area contributed by atoms with E-state index in [0.717, 1.165) is 11.6 Å². The summed E-state index contributed by atoms with van der Waals surface area (Å²) in [6.07, 6.45) is 7.81. The molecule has 2 rings (SSSR count). The minimum atomic E-state index is 0.0567. The number of hydrogen-bond acceptors (Lipinski definition) is 3. The van der Waals surface area contributed by atoms with E-state index in [1.807, 2.05) is 0 Å². The van der Waals surface area contributed by atoms with Crippen molar-refractivity contribution in [2.45, 2.75) is 25.8 Å². The third-order valence-electron chi connectivity index (χ3n) is 2.86. The normalized spacial score (nSPS) is 21.1. The van der Waals surface area contributed by atoms with E-state index in [2.05, 4.69) is 16.9 Å². The molecule has 1 heterocycles. The van der Waals surface area contributed by atoms with Gasteiger partial charge in [0.2, 0.25) is 0 Å². The fourth-order valence-corrected chi connectivity index (χ4v) is 1.67. The van der Waals surface area contributed by atoms with Crippen LogP contribution in [0.5, 0.6) is 0 Å². The van der Waals surface area contributed by atoms with Crippen molar-refractivity contribution in [1.82, 2.24) is 9.97 Å². The Morgan fingerprint density at radius 2 is 2.23 bits per heavy atom. The maximum atomic E-state index is 6.08. The highest BCUT2D eigenvalue weighted by atomic mass is 14.8. The Hall–Kier alpha value is -0.960. The maximum absolute atomic E-state index is 6.08. The summed E-state index contributed by atoms with van der Waals surface area (Å²) in [5.41, 5.74) is 7.00. The Balaban J connectivity index is 2.07. The Kier molecular flexibility index (Phi) is 2.27. The third kappa shape index (κ3) is 1.86. The minimum absolute atomic E-state index is 0.0567. The second kappa shape index (κ2) is 3.42. The van der Waals surface area contributed by atoms with E-state index in [-0.39, 0.29) is 6.04 Å². The van der Waals surface area contributed by atoms with E-state index >= 15 is 0 Å². The average molecular weight is 177 g/mol. The molecular weight excluding hydrogens is 162 g/mol. The second-order valence-corrected chi connectivity index (χ2v) is 3.85. The molecule has 13 heavy (non-hydrogen) atoms. The molecule has 2 N–H and O–H groups in total. The molecule has 1 fully saturated rings. The monoisotopic (exact) mass is 177 g/mol. The topological polar surface area (TPSA) is 51.8 Å². The molecule has 1 aliphatic rings. The van der Waals surface area contributed by atoms with Gasteiger partial charge in [-0.25, -0.2) is 0 Å². The fraction of sp³-hybridized carbons (Fsp3) is 0.600. The Labute approximate surface area is 78.4 Å². The first-order valence-electron chi connectivity index (χ1n) is 4.80. The second-order valence-electron chi connectivity index (χ2n) is 3.85. The van der Waals surface area contributed by atoms with Gasteiger partial charge >= 0.3 is 0 Å². The van der Waals surface area contributed by atoms with Crippen LogP contribution < -0.4 is 5.73 Å². The lowest BCUT2D eigenvalue weighted by atomic mass is 9.95. The average Bonchev–Trinajstić information content (AvgIpc) is 3.00. The molecule has 2 unspecified atom stereocenters. The molecule has 0 aliphatic heterocycles. The highest BCUT2D eigenvalue weighted by Crippen LogP contribution is 2.41. The summed E-state index contributed by atoms with van der Waals surface area (Å²) in [7, 11) is 0. The van der Waals surface area contributed by atoms with Gasteiger partial charge in [0, 0.05) is 18.6 Å². The van der Waals surface area contributed by atoms with Gasteiger partial charge < -0.3 is 5.73 Å². The first kappa shape index (κ1) is 8.63. The van der Waals surface area contributed by atoms with Crippen LogP contribution in [-0.4, -0.2) is 9.97 Å². The zero-order valence-corrected chi connectivity index (χ0v) is 7.85. The van der Waals surface area contributed by atoms with E-state index in [1.165, 1.54) is 12.8 Å². The summed E-state index contributed by atoms with van der Waals surface area (Å²) < 4.78 is 0. The van der Waals surface area contributed by atoms with E-state index in [9.17, 15) is 0 Å². The third-order valence-corrected chi connectivity index (χ3v) is 2.86. The summed E-state index contributed by atoms with van der Waals surface area (Å²) in [4.78, 5) is 8.25. The molecular formula is C10H15N3. The highest BCUT2D eigenvalue weighted by molar-refractivity contribution is 5.04. The van der Waals surface area contributed by atoms with Gasteiger partial charge in [0.25, 0.3) is 0 Å². The summed E-state index contributed by atoms with van der Waals surface area (Å²) in [6.45, 7) is 2.21. The van der Waals surface area contributed by atoms with Crippen molar-refractivity contribution in [3.63, 3.8) is 0 Å². The van der Waals surface area contributed by atoms with E-state index < -0.39 is 0 Å². The lowest BCUT2D eigenvalue weighted by molar-refractivity contribution is 0.409. The summed E-state index contributed by atoms with van der Waals surface area (Å²) in [6, 6.07) is 0.0567. The molecule has 0 bridgehead atoms. The molecule has 1 aliphatic carbocycles. The van der Waals surface area contributed by atoms with Gasteiger partial charge in [-0.05, 0) is 24.7 Å². The molecule has 70 valence electrons. The number of nitrogens with zero attached hydrogens (tertiary/aromatic N) is 2. The minimum Gasteiger partial charge on any atom is -0.322 e. The van der Waals surface area contributed by atoms with Crippen LogP contribution >= 0.6 is 0 Å². The molecule has 0 saturated heterocycles. The summed E-state index contributed by atoms with van der Waals surface area (Å²) in [5, 5.41) is 0.